The van der Waals surface area contributed by atoms with Crippen LogP contribution in [0.15, 0.2) is 12.1 Å². The minimum Gasteiger partial charge on any atom is -0.377 e. The Hall–Kier alpha value is -0.930. The molecule has 0 atom stereocenters. The smallest absolute Gasteiger partial charge is 0.129 e. The molecule has 0 aliphatic carbocycles. The molecule has 1 rings (SSSR count). The molecule has 0 fully saturated rings. The zero-order valence-corrected chi connectivity index (χ0v) is 11.1. The highest BCUT2D eigenvalue weighted by Gasteiger charge is 2.03. The van der Waals surface area contributed by atoms with E-state index in [0.29, 0.717) is 17.7 Å². The molecule has 0 saturated heterocycles. The van der Waals surface area contributed by atoms with Crippen molar-refractivity contribution in [3.05, 3.63) is 34.6 Å². The van der Waals surface area contributed by atoms with Crippen LogP contribution < -0.4 is 5.32 Å². The number of hydrogen-bond acceptors (Lipinski definition) is 2. The van der Waals surface area contributed by atoms with E-state index in [1.54, 1.807) is 13.8 Å². The molecule has 1 N–H and O–H groups in total. The third kappa shape index (κ3) is 4.84. The monoisotopic (exact) mass is 239 g/mol. The van der Waals surface area contributed by atoms with Gasteiger partial charge in [-0.25, -0.2) is 4.39 Å². The van der Waals surface area contributed by atoms with Gasteiger partial charge in [0.05, 0.1) is 12.7 Å². The van der Waals surface area contributed by atoms with Gasteiger partial charge in [0.1, 0.15) is 5.82 Å². The molecular weight excluding hydrogens is 217 g/mol. The third-order valence-corrected chi connectivity index (χ3v) is 2.56. The fourth-order valence-corrected chi connectivity index (χ4v) is 1.74. The van der Waals surface area contributed by atoms with E-state index in [-0.39, 0.29) is 11.9 Å². The topological polar surface area (TPSA) is 21.3 Å². The van der Waals surface area contributed by atoms with Gasteiger partial charge < -0.3 is 10.1 Å². The summed E-state index contributed by atoms with van der Waals surface area (Å²) in [5.41, 5.74) is 2.53. The first-order chi connectivity index (χ1) is 8.00. The molecule has 0 saturated carbocycles. The molecule has 0 radical (unpaired) electrons. The summed E-state index contributed by atoms with van der Waals surface area (Å²) >= 11 is 0. The number of nitrogens with one attached hydrogen (secondary N) is 1. The van der Waals surface area contributed by atoms with Crippen molar-refractivity contribution in [2.45, 2.75) is 40.3 Å². The minimum atomic E-state index is -0.100. The molecule has 0 bridgehead atoms. The second kappa shape index (κ2) is 6.72. The summed E-state index contributed by atoms with van der Waals surface area (Å²) in [6.07, 6.45) is 0.270. The van der Waals surface area contributed by atoms with Crippen molar-refractivity contribution in [3.63, 3.8) is 0 Å². The van der Waals surface area contributed by atoms with Crippen molar-refractivity contribution in [1.82, 2.24) is 5.32 Å². The summed E-state index contributed by atoms with van der Waals surface area (Å²) in [6, 6.07) is 3.78. The Bertz CT molecular complexity index is 340. The number of rotatable bonds is 6. The first-order valence-corrected chi connectivity index (χ1v) is 6.08. The van der Waals surface area contributed by atoms with Crippen LogP contribution >= 0.6 is 0 Å². The molecule has 1 aromatic carbocycles. The maximum absolute atomic E-state index is 13.4. The van der Waals surface area contributed by atoms with E-state index in [2.05, 4.69) is 5.32 Å². The molecule has 96 valence electrons. The normalized spacial score (nSPS) is 11.2. The number of aryl methyl sites for hydroxylation is 2. The Labute approximate surface area is 103 Å². The molecule has 0 aliphatic rings. The molecule has 3 heteroatoms. The van der Waals surface area contributed by atoms with Gasteiger partial charge >= 0.3 is 0 Å². The maximum atomic E-state index is 13.4. The fraction of sp³-hybridized carbons (Fsp3) is 0.571. The summed E-state index contributed by atoms with van der Waals surface area (Å²) in [5, 5.41) is 3.28. The molecule has 2 nitrogen and oxygen atoms in total. The van der Waals surface area contributed by atoms with Crippen LogP contribution in [0.5, 0.6) is 0 Å². The van der Waals surface area contributed by atoms with Gasteiger partial charge in [-0.15, -0.1) is 0 Å². The van der Waals surface area contributed by atoms with Gasteiger partial charge in [0.15, 0.2) is 0 Å². The van der Waals surface area contributed by atoms with Crippen LogP contribution in [0.25, 0.3) is 0 Å². The quantitative estimate of drug-likeness (QED) is 0.771. The summed E-state index contributed by atoms with van der Waals surface area (Å²) in [4.78, 5) is 0. The van der Waals surface area contributed by atoms with E-state index in [1.165, 1.54) is 0 Å². The lowest BCUT2D eigenvalue weighted by molar-refractivity contribution is 0.0807. The van der Waals surface area contributed by atoms with Crippen LogP contribution in [0.2, 0.25) is 0 Å². The number of halogens is 1. The summed E-state index contributed by atoms with van der Waals surface area (Å²) < 4.78 is 18.8. The zero-order valence-electron chi connectivity index (χ0n) is 11.1. The highest BCUT2D eigenvalue weighted by Crippen LogP contribution is 2.14. The third-order valence-electron chi connectivity index (χ3n) is 2.56. The second-order valence-electron chi connectivity index (χ2n) is 4.64. The SMILES string of the molecule is Cc1cc(CNCCOC(C)C)cc(C)c1F. The Balaban J connectivity index is 2.37. The number of hydrogen-bond donors (Lipinski definition) is 1. The molecule has 0 aliphatic heterocycles. The Kier molecular flexibility index (Phi) is 5.59. The first kappa shape index (κ1) is 14.1. The minimum absolute atomic E-state index is 0.100. The maximum Gasteiger partial charge on any atom is 0.129 e. The average Bonchev–Trinajstić information content (AvgIpc) is 2.25. The molecule has 0 aromatic heterocycles. The van der Waals surface area contributed by atoms with Crippen molar-refractivity contribution < 1.29 is 9.13 Å². The lowest BCUT2D eigenvalue weighted by Gasteiger charge is -2.10. The van der Waals surface area contributed by atoms with Gasteiger partial charge in [-0.05, 0) is 44.4 Å². The second-order valence-corrected chi connectivity index (χ2v) is 4.64. The van der Waals surface area contributed by atoms with Gasteiger partial charge in [-0.3, -0.25) is 0 Å². The predicted molar refractivity (Wildman–Crippen MR) is 68.7 cm³/mol. The van der Waals surface area contributed by atoms with E-state index < -0.39 is 0 Å². The van der Waals surface area contributed by atoms with Crippen molar-refractivity contribution in [1.29, 1.82) is 0 Å². The molecule has 17 heavy (non-hydrogen) atoms. The van der Waals surface area contributed by atoms with Gasteiger partial charge in [0.25, 0.3) is 0 Å². The van der Waals surface area contributed by atoms with Crippen molar-refractivity contribution in [2.24, 2.45) is 0 Å². The highest BCUT2D eigenvalue weighted by molar-refractivity contribution is 5.30. The lowest BCUT2D eigenvalue weighted by Crippen LogP contribution is -2.21. The van der Waals surface area contributed by atoms with Crippen LogP contribution in [-0.4, -0.2) is 19.3 Å². The van der Waals surface area contributed by atoms with E-state index in [0.717, 1.165) is 18.7 Å². The Morgan fingerprint density at radius 2 is 1.82 bits per heavy atom. The van der Waals surface area contributed by atoms with Crippen LogP contribution in [0.3, 0.4) is 0 Å². The van der Waals surface area contributed by atoms with Crippen molar-refractivity contribution in [3.8, 4) is 0 Å². The molecule has 0 amide bonds. The van der Waals surface area contributed by atoms with Crippen LogP contribution in [-0.2, 0) is 11.3 Å². The molecule has 0 spiro atoms. The fourth-order valence-electron chi connectivity index (χ4n) is 1.74. The van der Waals surface area contributed by atoms with Crippen LogP contribution in [0.4, 0.5) is 4.39 Å². The van der Waals surface area contributed by atoms with E-state index in [1.807, 2.05) is 26.0 Å². The number of ether oxygens (including phenoxy) is 1. The van der Waals surface area contributed by atoms with Crippen molar-refractivity contribution >= 4 is 0 Å². The first-order valence-electron chi connectivity index (χ1n) is 6.08. The van der Waals surface area contributed by atoms with Crippen molar-refractivity contribution in [2.75, 3.05) is 13.2 Å². The average molecular weight is 239 g/mol. The molecule has 0 heterocycles. The van der Waals surface area contributed by atoms with Gasteiger partial charge in [-0.2, -0.15) is 0 Å². The summed E-state index contributed by atoms with van der Waals surface area (Å²) in [7, 11) is 0. The summed E-state index contributed by atoms with van der Waals surface area (Å²) in [6.45, 7) is 9.91. The van der Waals surface area contributed by atoms with Gasteiger partial charge in [0, 0.05) is 13.1 Å². The van der Waals surface area contributed by atoms with Crippen LogP contribution in [0.1, 0.15) is 30.5 Å². The largest absolute Gasteiger partial charge is 0.377 e. The Morgan fingerprint density at radius 1 is 1.24 bits per heavy atom. The predicted octanol–water partition coefficient (Wildman–Crippen LogP) is 2.96. The van der Waals surface area contributed by atoms with Crippen LogP contribution in [0, 0.1) is 19.7 Å². The Morgan fingerprint density at radius 3 is 2.35 bits per heavy atom. The van der Waals surface area contributed by atoms with E-state index >= 15 is 0 Å². The molecule has 1 aromatic rings. The highest BCUT2D eigenvalue weighted by atomic mass is 19.1. The molecular formula is C14H22FNO. The van der Waals surface area contributed by atoms with Gasteiger partial charge in [0.2, 0.25) is 0 Å². The lowest BCUT2D eigenvalue weighted by atomic mass is 10.1. The zero-order chi connectivity index (χ0) is 12.8. The standard InChI is InChI=1S/C14H22FNO/c1-10(2)17-6-5-16-9-13-7-11(3)14(15)12(4)8-13/h7-8,10,16H,5-6,9H2,1-4H3. The van der Waals surface area contributed by atoms with E-state index in [9.17, 15) is 4.39 Å². The van der Waals surface area contributed by atoms with Gasteiger partial charge in [-0.1, -0.05) is 12.1 Å². The summed E-state index contributed by atoms with van der Waals surface area (Å²) in [5.74, 6) is -0.100. The van der Waals surface area contributed by atoms with E-state index in [4.69, 9.17) is 4.74 Å². The number of benzene rings is 1. The molecule has 0 unspecified atom stereocenters.